The van der Waals surface area contributed by atoms with Crippen LogP contribution in [0, 0.1) is 5.92 Å². The third-order valence-corrected chi connectivity index (χ3v) is 3.76. The summed E-state index contributed by atoms with van der Waals surface area (Å²) in [5.74, 6) is 1.55. The number of aromatic nitrogens is 3. The summed E-state index contributed by atoms with van der Waals surface area (Å²) in [6, 6.07) is 8.08. The molecule has 1 unspecified atom stereocenters. The Balaban J connectivity index is 1.97. The summed E-state index contributed by atoms with van der Waals surface area (Å²) in [6.07, 6.45) is 6.86. The number of unbranched alkanes of at least 4 members (excludes halogenated alkanes) is 1. The van der Waals surface area contributed by atoms with Gasteiger partial charge in [0.25, 0.3) is 0 Å². The van der Waals surface area contributed by atoms with Gasteiger partial charge in [0.1, 0.15) is 11.4 Å². The highest BCUT2D eigenvalue weighted by Crippen LogP contribution is 2.23. The maximum atomic E-state index is 5.97. The van der Waals surface area contributed by atoms with Gasteiger partial charge in [-0.25, -0.2) is 0 Å². The fraction of sp³-hybridized carbons (Fsp3) is 0.529. The molecule has 0 spiro atoms. The lowest BCUT2D eigenvalue weighted by Gasteiger charge is -2.15. The van der Waals surface area contributed by atoms with Crippen LogP contribution in [0.3, 0.4) is 0 Å². The number of aryl methyl sites for hydroxylation is 1. The van der Waals surface area contributed by atoms with E-state index in [2.05, 4.69) is 24.2 Å². The zero-order valence-electron chi connectivity index (χ0n) is 13.2. The molecule has 2 rings (SSSR count). The third kappa shape index (κ3) is 4.59. The summed E-state index contributed by atoms with van der Waals surface area (Å²) in [4.78, 5) is 0. The van der Waals surface area contributed by atoms with Crippen LogP contribution < -0.4 is 4.74 Å². The van der Waals surface area contributed by atoms with Gasteiger partial charge < -0.3 is 4.74 Å². The first-order chi connectivity index (χ1) is 10.2. The number of ether oxygens (including phenoxy) is 1. The third-order valence-electron chi connectivity index (χ3n) is 3.76. The average Bonchev–Trinajstić information content (AvgIpc) is 2.94. The van der Waals surface area contributed by atoms with Crippen molar-refractivity contribution < 1.29 is 4.74 Å². The molecule has 0 aliphatic heterocycles. The first-order valence-electron chi connectivity index (χ1n) is 7.82. The van der Waals surface area contributed by atoms with E-state index in [1.54, 1.807) is 4.68 Å². The second-order valence-corrected chi connectivity index (χ2v) is 5.53. The zero-order valence-corrected chi connectivity index (χ0v) is 13.2. The lowest BCUT2D eigenvalue weighted by Crippen LogP contribution is -2.11. The van der Waals surface area contributed by atoms with Crippen molar-refractivity contribution >= 4 is 0 Å². The Kier molecular flexibility index (Phi) is 5.78. The standard InChI is InChI=1S/C17H25N3O/c1-4-6-8-14(5-2)13-21-16-10-7-9-15(11-16)17-12-20(3)19-18-17/h7,9-12,14H,4-6,8,13H2,1-3H3. The van der Waals surface area contributed by atoms with Gasteiger partial charge in [0, 0.05) is 12.6 Å². The highest BCUT2D eigenvalue weighted by Gasteiger charge is 2.08. The molecule has 0 fully saturated rings. The van der Waals surface area contributed by atoms with Crippen LogP contribution in [0.25, 0.3) is 11.3 Å². The molecule has 0 aliphatic carbocycles. The quantitative estimate of drug-likeness (QED) is 0.734. The van der Waals surface area contributed by atoms with Crippen LogP contribution in [0.2, 0.25) is 0 Å². The van der Waals surface area contributed by atoms with Crippen LogP contribution >= 0.6 is 0 Å². The van der Waals surface area contributed by atoms with Crippen molar-refractivity contribution in [3.05, 3.63) is 30.5 Å². The van der Waals surface area contributed by atoms with Crippen LogP contribution in [0.15, 0.2) is 30.5 Å². The zero-order chi connectivity index (χ0) is 15.1. The van der Waals surface area contributed by atoms with E-state index in [1.165, 1.54) is 25.7 Å². The summed E-state index contributed by atoms with van der Waals surface area (Å²) in [5, 5.41) is 8.11. The predicted molar refractivity (Wildman–Crippen MR) is 85.2 cm³/mol. The fourth-order valence-electron chi connectivity index (χ4n) is 2.34. The smallest absolute Gasteiger partial charge is 0.119 e. The normalized spacial score (nSPS) is 12.3. The molecule has 0 saturated heterocycles. The van der Waals surface area contributed by atoms with E-state index in [0.717, 1.165) is 23.6 Å². The molecule has 1 aromatic heterocycles. The monoisotopic (exact) mass is 287 g/mol. The first kappa shape index (κ1) is 15.5. The van der Waals surface area contributed by atoms with Gasteiger partial charge in [-0.2, -0.15) is 0 Å². The molecule has 0 saturated carbocycles. The van der Waals surface area contributed by atoms with Gasteiger partial charge in [0.2, 0.25) is 0 Å². The van der Waals surface area contributed by atoms with Gasteiger partial charge in [0.05, 0.1) is 12.8 Å². The maximum absolute atomic E-state index is 5.97. The van der Waals surface area contributed by atoms with Crippen molar-refractivity contribution in [2.45, 2.75) is 39.5 Å². The van der Waals surface area contributed by atoms with Gasteiger partial charge in [-0.3, -0.25) is 4.68 Å². The van der Waals surface area contributed by atoms with Crippen molar-refractivity contribution in [2.24, 2.45) is 13.0 Å². The van der Waals surface area contributed by atoms with Gasteiger partial charge in [-0.05, 0) is 24.5 Å². The minimum absolute atomic E-state index is 0.644. The molecular weight excluding hydrogens is 262 g/mol. The molecule has 4 heteroatoms. The van der Waals surface area contributed by atoms with Crippen molar-refractivity contribution in [2.75, 3.05) is 6.61 Å². The lowest BCUT2D eigenvalue weighted by atomic mass is 10.0. The first-order valence-corrected chi connectivity index (χ1v) is 7.82. The van der Waals surface area contributed by atoms with Gasteiger partial charge in [-0.15, -0.1) is 5.10 Å². The van der Waals surface area contributed by atoms with Crippen LogP contribution in [-0.4, -0.2) is 21.6 Å². The number of nitrogens with zero attached hydrogens (tertiary/aromatic N) is 3. The fourth-order valence-corrected chi connectivity index (χ4v) is 2.34. The van der Waals surface area contributed by atoms with E-state index in [9.17, 15) is 0 Å². The van der Waals surface area contributed by atoms with E-state index < -0.39 is 0 Å². The summed E-state index contributed by atoms with van der Waals surface area (Å²) in [7, 11) is 1.87. The number of benzene rings is 1. The molecule has 1 aromatic carbocycles. The summed E-state index contributed by atoms with van der Waals surface area (Å²) < 4.78 is 7.68. The number of rotatable bonds is 8. The molecule has 0 bridgehead atoms. The summed E-state index contributed by atoms with van der Waals surface area (Å²) in [6.45, 7) is 5.26. The largest absolute Gasteiger partial charge is 0.493 e. The molecule has 2 aromatic rings. The Labute approximate surface area is 127 Å². The number of hydrogen-bond donors (Lipinski definition) is 0. The Bertz CT molecular complexity index is 550. The SMILES string of the molecule is CCCCC(CC)COc1cccc(-c2cn(C)nn2)c1. The van der Waals surface area contributed by atoms with Crippen LogP contribution in [0.4, 0.5) is 0 Å². The molecule has 1 atom stereocenters. The van der Waals surface area contributed by atoms with Gasteiger partial charge >= 0.3 is 0 Å². The minimum atomic E-state index is 0.644. The molecule has 0 N–H and O–H groups in total. The van der Waals surface area contributed by atoms with Crippen molar-refractivity contribution in [3.63, 3.8) is 0 Å². The average molecular weight is 287 g/mol. The lowest BCUT2D eigenvalue weighted by molar-refractivity contribution is 0.233. The maximum Gasteiger partial charge on any atom is 0.119 e. The highest BCUT2D eigenvalue weighted by atomic mass is 16.5. The molecule has 0 aliphatic rings. The molecule has 4 nitrogen and oxygen atoms in total. The Hall–Kier alpha value is -1.84. The summed E-state index contributed by atoms with van der Waals surface area (Å²) in [5.41, 5.74) is 1.92. The minimum Gasteiger partial charge on any atom is -0.493 e. The van der Waals surface area contributed by atoms with Crippen molar-refractivity contribution in [1.82, 2.24) is 15.0 Å². The molecule has 0 amide bonds. The van der Waals surface area contributed by atoms with Crippen LogP contribution in [0.5, 0.6) is 5.75 Å². The van der Waals surface area contributed by atoms with Crippen molar-refractivity contribution in [3.8, 4) is 17.0 Å². The van der Waals surface area contributed by atoms with Crippen LogP contribution in [0.1, 0.15) is 39.5 Å². The molecule has 0 radical (unpaired) electrons. The highest BCUT2D eigenvalue weighted by molar-refractivity contribution is 5.59. The van der Waals surface area contributed by atoms with E-state index in [0.29, 0.717) is 5.92 Å². The van der Waals surface area contributed by atoms with E-state index in [1.807, 2.05) is 37.5 Å². The van der Waals surface area contributed by atoms with Gasteiger partial charge in [0.15, 0.2) is 0 Å². The number of hydrogen-bond acceptors (Lipinski definition) is 3. The van der Waals surface area contributed by atoms with Crippen LogP contribution in [-0.2, 0) is 7.05 Å². The summed E-state index contributed by atoms with van der Waals surface area (Å²) >= 11 is 0. The van der Waals surface area contributed by atoms with Crippen molar-refractivity contribution in [1.29, 1.82) is 0 Å². The molecular formula is C17H25N3O. The predicted octanol–water partition coefficient (Wildman–Crippen LogP) is 4.08. The Morgan fingerprint density at radius 3 is 2.81 bits per heavy atom. The topological polar surface area (TPSA) is 39.9 Å². The molecule has 21 heavy (non-hydrogen) atoms. The van der Waals surface area contributed by atoms with Gasteiger partial charge in [-0.1, -0.05) is 50.5 Å². The second-order valence-electron chi connectivity index (χ2n) is 5.53. The molecule has 114 valence electrons. The molecule has 1 heterocycles. The van der Waals surface area contributed by atoms with E-state index in [-0.39, 0.29) is 0 Å². The Morgan fingerprint density at radius 1 is 1.29 bits per heavy atom. The van der Waals surface area contributed by atoms with E-state index in [4.69, 9.17) is 4.74 Å². The second kappa shape index (κ2) is 7.81. The van der Waals surface area contributed by atoms with E-state index >= 15 is 0 Å². The Morgan fingerprint density at radius 2 is 2.14 bits per heavy atom.